The average Bonchev–Trinajstić information content (AvgIpc) is 2.67. The van der Waals surface area contributed by atoms with Gasteiger partial charge in [0.1, 0.15) is 0 Å². The van der Waals surface area contributed by atoms with Crippen LogP contribution in [0.1, 0.15) is 25.7 Å². The van der Waals surface area contributed by atoms with E-state index in [-0.39, 0.29) is 0 Å². The third-order valence-electron chi connectivity index (χ3n) is 3.81. The zero-order chi connectivity index (χ0) is 8.55. The normalized spacial score (nSPS) is 42.0. The van der Waals surface area contributed by atoms with Gasteiger partial charge in [-0.1, -0.05) is 6.42 Å². The van der Waals surface area contributed by atoms with Crippen LogP contribution in [-0.2, 0) is 0 Å². The molecule has 1 nitrogen and oxygen atoms in total. The molecule has 0 heterocycles. The first kappa shape index (κ1) is 8.89. The van der Waals surface area contributed by atoms with Crippen LogP contribution in [0, 0.1) is 17.8 Å². The number of nitrogens with two attached hydrogens (primary N) is 1. The molecular formula is C10H19NS. The first-order valence-electron chi connectivity index (χ1n) is 5.08. The molecule has 0 amide bonds. The van der Waals surface area contributed by atoms with Crippen molar-refractivity contribution in [1.82, 2.24) is 0 Å². The fourth-order valence-electron chi connectivity index (χ4n) is 3.20. The van der Waals surface area contributed by atoms with Gasteiger partial charge in [-0.15, -0.1) is 0 Å². The van der Waals surface area contributed by atoms with Crippen molar-refractivity contribution in [3.05, 3.63) is 0 Å². The summed E-state index contributed by atoms with van der Waals surface area (Å²) in [6, 6.07) is 0. The van der Waals surface area contributed by atoms with E-state index >= 15 is 0 Å². The van der Waals surface area contributed by atoms with Gasteiger partial charge in [0.05, 0.1) is 0 Å². The van der Waals surface area contributed by atoms with Crippen molar-refractivity contribution in [2.24, 2.45) is 23.5 Å². The van der Waals surface area contributed by atoms with Crippen LogP contribution in [0.2, 0.25) is 0 Å². The minimum atomic E-state index is 0.750. The van der Waals surface area contributed by atoms with E-state index in [0.29, 0.717) is 0 Å². The molecule has 2 bridgehead atoms. The number of fused-ring (bicyclic) bond motifs is 2. The second kappa shape index (κ2) is 3.59. The highest BCUT2D eigenvalue weighted by Crippen LogP contribution is 2.51. The molecule has 2 fully saturated rings. The summed E-state index contributed by atoms with van der Waals surface area (Å²) in [6.07, 6.45) is 8.21. The molecule has 4 atom stereocenters. The van der Waals surface area contributed by atoms with Gasteiger partial charge in [0.2, 0.25) is 0 Å². The van der Waals surface area contributed by atoms with Crippen molar-refractivity contribution in [2.45, 2.75) is 30.9 Å². The molecule has 2 saturated carbocycles. The topological polar surface area (TPSA) is 26.0 Å². The van der Waals surface area contributed by atoms with E-state index in [4.69, 9.17) is 5.73 Å². The highest BCUT2D eigenvalue weighted by molar-refractivity contribution is 7.99. The Balaban J connectivity index is 1.96. The minimum Gasteiger partial charge on any atom is -0.329 e. The second-order valence-electron chi connectivity index (χ2n) is 4.35. The van der Waals surface area contributed by atoms with Crippen molar-refractivity contribution in [3.63, 3.8) is 0 Å². The van der Waals surface area contributed by atoms with Gasteiger partial charge in [0, 0.05) is 11.8 Å². The summed E-state index contributed by atoms with van der Waals surface area (Å²) in [5, 5.41) is 0.750. The van der Waals surface area contributed by atoms with Gasteiger partial charge < -0.3 is 5.73 Å². The predicted molar refractivity (Wildman–Crippen MR) is 55.3 cm³/mol. The summed E-state index contributed by atoms with van der Waals surface area (Å²) in [5.41, 5.74) is 5.77. The Morgan fingerprint density at radius 1 is 1.42 bits per heavy atom. The lowest BCUT2D eigenvalue weighted by molar-refractivity contribution is 0.326. The highest BCUT2D eigenvalue weighted by atomic mass is 32.2. The van der Waals surface area contributed by atoms with E-state index in [1.807, 2.05) is 11.8 Å². The zero-order valence-electron chi connectivity index (χ0n) is 7.83. The molecule has 12 heavy (non-hydrogen) atoms. The van der Waals surface area contributed by atoms with Crippen LogP contribution in [0.15, 0.2) is 0 Å². The Kier molecular flexibility index (Phi) is 2.66. The predicted octanol–water partition coefficient (Wildman–Crippen LogP) is 2.11. The Labute approximate surface area is 79.5 Å². The summed E-state index contributed by atoms with van der Waals surface area (Å²) < 4.78 is 0. The molecule has 2 N–H and O–H groups in total. The Morgan fingerprint density at radius 2 is 2.25 bits per heavy atom. The smallest absolute Gasteiger partial charge is 0.0198 e. The summed E-state index contributed by atoms with van der Waals surface area (Å²) >= 11 is 1.98. The van der Waals surface area contributed by atoms with Crippen molar-refractivity contribution in [3.8, 4) is 0 Å². The summed E-state index contributed by atoms with van der Waals surface area (Å²) in [4.78, 5) is 0. The Hall–Kier alpha value is 0.310. The molecular weight excluding hydrogens is 166 g/mol. The lowest BCUT2D eigenvalue weighted by atomic mass is 9.86. The van der Waals surface area contributed by atoms with E-state index in [9.17, 15) is 0 Å². The Morgan fingerprint density at radius 3 is 2.67 bits per heavy atom. The molecule has 2 rings (SSSR count). The number of rotatable bonds is 3. The largest absolute Gasteiger partial charge is 0.329 e. The Bertz CT molecular complexity index is 156. The molecule has 0 saturated heterocycles. The quantitative estimate of drug-likeness (QED) is 0.729. The second-order valence-corrected chi connectivity index (χ2v) is 5.43. The number of thioether (sulfide) groups is 1. The van der Waals surface area contributed by atoms with E-state index in [0.717, 1.165) is 29.5 Å². The van der Waals surface area contributed by atoms with Crippen LogP contribution in [-0.4, -0.2) is 18.1 Å². The van der Waals surface area contributed by atoms with Gasteiger partial charge in [-0.3, -0.25) is 0 Å². The zero-order valence-corrected chi connectivity index (χ0v) is 8.65. The third-order valence-corrected chi connectivity index (χ3v) is 4.95. The van der Waals surface area contributed by atoms with Crippen molar-refractivity contribution < 1.29 is 0 Å². The molecule has 0 aromatic rings. The fraction of sp³-hybridized carbons (Fsp3) is 1.00. The maximum absolute atomic E-state index is 5.77. The monoisotopic (exact) mass is 185 g/mol. The van der Waals surface area contributed by atoms with E-state index < -0.39 is 0 Å². The van der Waals surface area contributed by atoms with Crippen LogP contribution < -0.4 is 5.73 Å². The van der Waals surface area contributed by atoms with E-state index in [1.165, 1.54) is 25.7 Å². The van der Waals surface area contributed by atoms with Gasteiger partial charge in [0.15, 0.2) is 0 Å². The molecule has 0 spiro atoms. The van der Waals surface area contributed by atoms with Gasteiger partial charge in [0.25, 0.3) is 0 Å². The third kappa shape index (κ3) is 1.39. The molecule has 70 valence electrons. The maximum atomic E-state index is 5.77. The van der Waals surface area contributed by atoms with Gasteiger partial charge in [-0.05, 0) is 43.3 Å². The molecule has 0 radical (unpaired) electrons. The molecule has 2 aliphatic carbocycles. The van der Waals surface area contributed by atoms with E-state index in [2.05, 4.69) is 6.26 Å². The van der Waals surface area contributed by atoms with Gasteiger partial charge in [-0.25, -0.2) is 0 Å². The molecule has 2 heteroatoms. The first-order chi connectivity index (χ1) is 5.85. The molecule has 0 aliphatic heterocycles. The molecule has 0 aromatic carbocycles. The van der Waals surface area contributed by atoms with E-state index in [1.54, 1.807) is 0 Å². The lowest BCUT2D eigenvalue weighted by Crippen LogP contribution is -2.29. The fourth-order valence-corrected chi connectivity index (χ4v) is 4.07. The number of hydrogen-bond acceptors (Lipinski definition) is 2. The minimum absolute atomic E-state index is 0.750. The SMILES string of the molecule is CSC(CN)C1CC2CCC1C2. The molecule has 4 unspecified atom stereocenters. The van der Waals surface area contributed by atoms with Crippen molar-refractivity contribution in [2.75, 3.05) is 12.8 Å². The van der Waals surface area contributed by atoms with Crippen LogP contribution in [0.4, 0.5) is 0 Å². The molecule has 2 aliphatic rings. The van der Waals surface area contributed by atoms with Crippen LogP contribution in [0.5, 0.6) is 0 Å². The van der Waals surface area contributed by atoms with Gasteiger partial charge >= 0.3 is 0 Å². The summed E-state index contributed by atoms with van der Waals surface area (Å²) in [5.74, 6) is 3.07. The van der Waals surface area contributed by atoms with Crippen molar-refractivity contribution in [1.29, 1.82) is 0 Å². The highest BCUT2D eigenvalue weighted by Gasteiger charge is 2.42. The van der Waals surface area contributed by atoms with Gasteiger partial charge in [-0.2, -0.15) is 11.8 Å². The van der Waals surface area contributed by atoms with Crippen LogP contribution in [0.3, 0.4) is 0 Å². The molecule has 0 aromatic heterocycles. The van der Waals surface area contributed by atoms with Crippen LogP contribution >= 0.6 is 11.8 Å². The first-order valence-corrected chi connectivity index (χ1v) is 6.36. The van der Waals surface area contributed by atoms with Crippen LogP contribution in [0.25, 0.3) is 0 Å². The van der Waals surface area contributed by atoms with Crippen molar-refractivity contribution >= 4 is 11.8 Å². The number of hydrogen-bond donors (Lipinski definition) is 1. The summed E-state index contributed by atoms with van der Waals surface area (Å²) in [6.45, 7) is 0.884. The summed E-state index contributed by atoms with van der Waals surface area (Å²) in [7, 11) is 0. The maximum Gasteiger partial charge on any atom is 0.0198 e. The standard InChI is InChI=1S/C10H19NS/c1-12-10(6-11)9-5-7-2-3-8(9)4-7/h7-10H,2-6,11H2,1H3. The average molecular weight is 185 g/mol. The lowest BCUT2D eigenvalue weighted by Gasteiger charge is -2.28.